The summed E-state index contributed by atoms with van der Waals surface area (Å²) in [6.07, 6.45) is 2.80. The molecule has 0 aromatic carbocycles. The fraction of sp³-hybridized carbons (Fsp3) is 0.688. The maximum absolute atomic E-state index is 12.6. The summed E-state index contributed by atoms with van der Waals surface area (Å²) in [5, 5.41) is 9.66. The highest BCUT2D eigenvalue weighted by Gasteiger charge is 2.50. The molecule has 26 heavy (non-hydrogen) atoms. The van der Waals surface area contributed by atoms with E-state index >= 15 is 0 Å². The second-order valence-electron chi connectivity index (χ2n) is 6.14. The van der Waals surface area contributed by atoms with Crippen LogP contribution < -0.4 is 16.8 Å². The Balaban J connectivity index is 2.73. The minimum Gasteiger partial charge on any atom is -0.469 e. The van der Waals surface area contributed by atoms with E-state index in [0.717, 1.165) is 0 Å². The Morgan fingerprint density at radius 2 is 2.08 bits per heavy atom. The number of esters is 1. The van der Waals surface area contributed by atoms with Crippen LogP contribution in [0.3, 0.4) is 0 Å². The lowest BCUT2D eigenvalue weighted by Crippen LogP contribution is -2.58. The first-order chi connectivity index (χ1) is 12.3. The van der Waals surface area contributed by atoms with Crippen LogP contribution >= 0.6 is 0 Å². The summed E-state index contributed by atoms with van der Waals surface area (Å²) in [6, 6.07) is -0.886. The van der Waals surface area contributed by atoms with E-state index in [0.29, 0.717) is 25.8 Å². The van der Waals surface area contributed by atoms with Crippen molar-refractivity contribution in [2.75, 3.05) is 20.2 Å². The highest BCUT2D eigenvalue weighted by molar-refractivity contribution is 6.07. The highest BCUT2D eigenvalue weighted by atomic mass is 16.5. The van der Waals surface area contributed by atoms with Crippen molar-refractivity contribution in [3.63, 3.8) is 0 Å². The fourth-order valence-electron chi connectivity index (χ4n) is 2.96. The summed E-state index contributed by atoms with van der Waals surface area (Å²) in [4.78, 5) is 49.2. The van der Waals surface area contributed by atoms with E-state index in [1.807, 2.05) is 0 Å². The molecule has 2 atom stereocenters. The third kappa shape index (κ3) is 5.25. The first-order valence-corrected chi connectivity index (χ1v) is 8.43. The van der Waals surface area contributed by atoms with Gasteiger partial charge in [0.05, 0.1) is 19.6 Å². The molecule has 0 bridgehead atoms. The first-order valence-electron chi connectivity index (χ1n) is 8.43. The van der Waals surface area contributed by atoms with Crippen molar-refractivity contribution < 1.29 is 23.9 Å². The van der Waals surface area contributed by atoms with Gasteiger partial charge in [-0.1, -0.05) is 0 Å². The Morgan fingerprint density at radius 1 is 1.38 bits per heavy atom. The van der Waals surface area contributed by atoms with Gasteiger partial charge in [-0.2, -0.15) is 0 Å². The van der Waals surface area contributed by atoms with Gasteiger partial charge in [-0.3, -0.25) is 24.6 Å². The molecule has 0 spiro atoms. The molecule has 1 heterocycles. The number of nitrogens with two attached hydrogens (primary N) is 2. The van der Waals surface area contributed by atoms with Gasteiger partial charge < -0.3 is 26.4 Å². The van der Waals surface area contributed by atoms with E-state index in [-0.39, 0.29) is 31.8 Å². The molecule has 6 N–H and O–H groups in total. The zero-order valence-electron chi connectivity index (χ0n) is 14.9. The Bertz CT molecular complexity index is 567. The Kier molecular flexibility index (Phi) is 8.17. The van der Waals surface area contributed by atoms with Gasteiger partial charge in [0.2, 0.25) is 12.2 Å². The van der Waals surface area contributed by atoms with Crippen LogP contribution in [0.2, 0.25) is 0 Å². The third-order valence-electron chi connectivity index (χ3n) is 4.39. The van der Waals surface area contributed by atoms with Gasteiger partial charge in [-0.15, -0.1) is 0 Å². The second kappa shape index (κ2) is 9.85. The number of carbonyl (C=O) groups is 3. The molecule has 10 nitrogen and oxygen atoms in total. The van der Waals surface area contributed by atoms with Gasteiger partial charge in [0, 0.05) is 19.5 Å². The summed E-state index contributed by atoms with van der Waals surface area (Å²) in [5.74, 6) is -1.77. The number of rotatable bonds is 10. The van der Waals surface area contributed by atoms with E-state index < -0.39 is 29.2 Å². The maximum Gasteiger partial charge on any atom is 0.305 e. The molecule has 1 amide bonds. The topological polar surface area (TPSA) is 169 Å². The lowest BCUT2D eigenvalue weighted by molar-refractivity contribution is -0.144. The minimum absolute atomic E-state index is 0.163. The molecule has 1 saturated heterocycles. The van der Waals surface area contributed by atoms with E-state index in [1.54, 1.807) is 6.29 Å². The lowest BCUT2D eigenvalue weighted by Gasteiger charge is -2.33. The smallest absolute Gasteiger partial charge is 0.305 e. The van der Waals surface area contributed by atoms with Crippen molar-refractivity contribution in [1.82, 2.24) is 10.2 Å². The van der Waals surface area contributed by atoms with Crippen LogP contribution in [-0.2, 0) is 23.9 Å². The van der Waals surface area contributed by atoms with Crippen molar-refractivity contribution in [3.8, 4) is 0 Å². The zero-order chi connectivity index (χ0) is 19.7. The van der Waals surface area contributed by atoms with Gasteiger partial charge in [0.25, 0.3) is 0 Å². The quantitative estimate of drug-likeness (QED) is 0.120. The van der Waals surface area contributed by atoms with E-state index in [9.17, 15) is 19.2 Å². The maximum atomic E-state index is 12.6. The van der Waals surface area contributed by atoms with E-state index in [1.165, 1.54) is 12.0 Å². The van der Waals surface area contributed by atoms with Gasteiger partial charge in [-0.05, 0) is 25.7 Å². The number of likely N-dealkylation sites (tertiary alicyclic amines) is 1. The van der Waals surface area contributed by atoms with Crippen LogP contribution in [0.4, 0.5) is 0 Å². The van der Waals surface area contributed by atoms with Crippen LogP contribution in [0.5, 0.6) is 0 Å². The van der Waals surface area contributed by atoms with Crippen molar-refractivity contribution in [2.24, 2.45) is 11.5 Å². The normalized spacial score (nSPS) is 20.3. The molecule has 0 aromatic rings. The van der Waals surface area contributed by atoms with Crippen molar-refractivity contribution in [2.45, 2.75) is 50.1 Å². The van der Waals surface area contributed by atoms with Gasteiger partial charge in [0.1, 0.15) is 0 Å². The minimum atomic E-state index is -1.68. The largest absolute Gasteiger partial charge is 0.469 e. The molecule has 1 aliphatic heterocycles. The molecule has 145 valence electrons. The number of nitrogens with zero attached hydrogens (tertiary/aromatic N) is 1. The number of ketones is 1. The predicted molar refractivity (Wildman–Crippen MR) is 92.8 cm³/mol. The molecule has 1 rings (SSSR count). The Labute approximate surface area is 152 Å². The number of ether oxygens (including phenoxy) is 1. The summed E-state index contributed by atoms with van der Waals surface area (Å²) in [7, 11) is 1.21. The molecule has 0 unspecified atom stereocenters. The van der Waals surface area contributed by atoms with E-state index in [4.69, 9.17) is 16.9 Å². The number of hydrogen-bond donors (Lipinski definition) is 4. The molecule has 1 fully saturated rings. The average Bonchev–Trinajstić information content (AvgIpc) is 3.06. The standard InChI is InChI=1S/C16H26N5O5/c1-26-13(24)6-5-12(23)16(10-22)7-3-9-21(16)14(25)11(17)4-2-8-20-15(18)19/h11H,2-9,17H2,1H3,(H4,18,19,20)/t11-,16-/m0/s1. The van der Waals surface area contributed by atoms with Crippen LogP contribution in [0.25, 0.3) is 0 Å². The van der Waals surface area contributed by atoms with Gasteiger partial charge in [0.15, 0.2) is 17.3 Å². The number of nitrogens with one attached hydrogen (secondary N) is 2. The van der Waals surface area contributed by atoms with Crippen molar-refractivity contribution in [1.29, 1.82) is 5.41 Å². The van der Waals surface area contributed by atoms with Crippen LogP contribution in [0.15, 0.2) is 0 Å². The third-order valence-corrected chi connectivity index (χ3v) is 4.39. The van der Waals surface area contributed by atoms with Crippen molar-refractivity contribution >= 4 is 29.9 Å². The zero-order valence-corrected chi connectivity index (χ0v) is 14.9. The molecule has 0 aromatic heterocycles. The number of methoxy groups -OCH3 is 1. The molecular weight excluding hydrogens is 342 g/mol. The summed E-state index contributed by atoms with van der Waals surface area (Å²) < 4.78 is 4.49. The van der Waals surface area contributed by atoms with Crippen molar-refractivity contribution in [3.05, 3.63) is 0 Å². The Morgan fingerprint density at radius 3 is 2.65 bits per heavy atom. The Hall–Kier alpha value is -2.49. The van der Waals surface area contributed by atoms with Gasteiger partial charge in [-0.25, -0.2) is 0 Å². The predicted octanol–water partition coefficient (Wildman–Crippen LogP) is -1.43. The number of carbonyl (C=O) groups excluding carboxylic acids is 4. The first kappa shape index (κ1) is 21.6. The molecule has 1 radical (unpaired) electrons. The molecular formula is C16H26N5O5. The SMILES string of the molecule is COC(=O)CCC(=O)[C@@]1([C]=O)CCCN1C(=O)[C@@H](N)CCCNC(=N)N. The average molecular weight is 368 g/mol. The molecule has 10 heteroatoms. The number of amides is 1. The summed E-state index contributed by atoms with van der Waals surface area (Å²) in [6.45, 7) is 0.622. The molecule has 0 saturated carbocycles. The summed E-state index contributed by atoms with van der Waals surface area (Å²) >= 11 is 0. The van der Waals surface area contributed by atoms with Crippen LogP contribution in [0.1, 0.15) is 38.5 Å². The summed E-state index contributed by atoms with van der Waals surface area (Å²) in [5.41, 5.74) is 9.40. The fourth-order valence-corrected chi connectivity index (χ4v) is 2.96. The number of hydrogen-bond acceptors (Lipinski definition) is 7. The second-order valence-corrected chi connectivity index (χ2v) is 6.14. The molecule has 1 aliphatic rings. The van der Waals surface area contributed by atoms with E-state index in [2.05, 4.69) is 10.1 Å². The highest BCUT2D eigenvalue weighted by Crippen LogP contribution is 2.31. The monoisotopic (exact) mass is 368 g/mol. The van der Waals surface area contributed by atoms with Crippen LogP contribution in [0, 0.1) is 5.41 Å². The van der Waals surface area contributed by atoms with Gasteiger partial charge >= 0.3 is 5.97 Å². The number of Topliss-reactive ketones (excluding diaryl/α,β-unsaturated/α-hetero) is 1. The number of guanidine groups is 1. The van der Waals surface area contributed by atoms with Crippen LogP contribution in [-0.4, -0.2) is 66.6 Å². The lowest BCUT2D eigenvalue weighted by atomic mass is 9.89. The molecule has 0 aliphatic carbocycles.